The molecular formula is C21H23ClN2O5S. The molecule has 1 aromatic carbocycles. The Morgan fingerprint density at radius 1 is 1.37 bits per heavy atom. The number of aryl methyl sites for hydroxylation is 2. The van der Waals surface area contributed by atoms with E-state index in [1.54, 1.807) is 24.6 Å². The number of hydrogen-bond donors (Lipinski definition) is 2. The molecular weight excluding hydrogens is 428 g/mol. The first kappa shape index (κ1) is 21.1. The van der Waals surface area contributed by atoms with Gasteiger partial charge in [-0.3, -0.25) is 4.79 Å². The van der Waals surface area contributed by atoms with E-state index in [-0.39, 0.29) is 12.5 Å². The lowest BCUT2D eigenvalue weighted by Crippen LogP contribution is -2.54. The monoisotopic (exact) mass is 450 g/mol. The van der Waals surface area contributed by atoms with Crippen molar-refractivity contribution in [2.24, 2.45) is 0 Å². The number of rotatable bonds is 6. The van der Waals surface area contributed by atoms with Crippen LogP contribution in [0.1, 0.15) is 39.5 Å². The van der Waals surface area contributed by atoms with E-state index in [0.717, 1.165) is 10.6 Å². The average Bonchev–Trinajstić information content (AvgIpc) is 3.29. The number of amides is 1. The van der Waals surface area contributed by atoms with Crippen LogP contribution in [0, 0.1) is 13.8 Å². The molecule has 1 aliphatic rings. The molecule has 0 aliphatic carbocycles. The summed E-state index contributed by atoms with van der Waals surface area (Å²) in [5.74, 6) is 0.687. The molecule has 4 rings (SSSR count). The molecule has 1 saturated heterocycles. The van der Waals surface area contributed by atoms with Crippen molar-refractivity contribution in [2.45, 2.75) is 38.8 Å². The van der Waals surface area contributed by atoms with Crippen molar-refractivity contribution in [1.82, 2.24) is 10.3 Å². The van der Waals surface area contributed by atoms with Gasteiger partial charge in [-0.2, -0.15) is 0 Å². The molecule has 2 N–H and O–H groups in total. The Labute approximate surface area is 183 Å². The van der Waals surface area contributed by atoms with E-state index < -0.39 is 5.54 Å². The topological polar surface area (TPSA) is 93.8 Å². The summed E-state index contributed by atoms with van der Waals surface area (Å²) in [4.78, 5) is 18.4. The predicted octanol–water partition coefficient (Wildman–Crippen LogP) is 4.01. The Balaban J connectivity index is 1.64. The van der Waals surface area contributed by atoms with Gasteiger partial charge in [0.05, 0.1) is 38.8 Å². The van der Waals surface area contributed by atoms with Gasteiger partial charge in [0.15, 0.2) is 5.58 Å². The summed E-state index contributed by atoms with van der Waals surface area (Å²) < 4.78 is 17.1. The van der Waals surface area contributed by atoms with E-state index in [1.807, 2.05) is 6.92 Å². The van der Waals surface area contributed by atoms with Crippen LogP contribution in [0.5, 0.6) is 5.75 Å². The number of halogens is 1. The highest BCUT2D eigenvalue weighted by Gasteiger charge is 2.35. The first-order valence-electron chi connectivity index (χ1n) is 9.68. The number of aliphatic hydroxyl groups excluding tert-OH is 1. The van der Waals surface area contributed by atoms with Crippen molar-refractivity contribution in [3.05, 3.63) is 44.6 Å². The van der Waals surface area contributed by atoms with Crippen LogP contribution >= 0.6 is 22.9 Å². The number of ether oxygens (including phenoxy) is 2. The van der Waals surface area contributed by atoms with Crippen molar-refractivity contribution < 1.29 is 23.8 Å². The zero-order valence-corrected chi connectivity index (χ0v) is 18.4. The smallest absolute Gasteiger partial charge is 0.255 e. The average molecular weight is 451 g/mol. The Bertz CT molecular complexity index is 1070. The molecule has 160 valence electrons. The molecule has 0 saturated carbocycles. The second-order valence-electron chi connectivity index (χ2n) is 7.47. The number of aromatic nitrogens is 1. The molecule has 0 unspecified atom stereocenters. The first-order valence-corrected chi connectivity index (χ1v) is 10.9. The van der Waals surface area contributed by atoms with Crippen LogP contribution < -0.4 is 10.1 Å². The van der Waals surface area contributed by atoms with E-state index in [4.69, 9.17) is 25.5 Å². The van der Waals surface area contributed by atoms with Crippen molar-refractivity contribution in [3.8, 4) is 5.75 Å². The predicted molar refractivity (Wildman–Crippen MR) is 114 cm³/mol. The Hall–Kier alpha value is -2.13. The maximum atomic E-state index is 13.2. The fraction of sp³-hybridized carbons (Fsp3) is 0.429. The molecule has 7 nitrogen and oxygen atoms in total. The van der Waals surface area contributed by atoms with Gasteiger partial charge in [-0.15, -0.1) is 11.3 Å². The maximum Gasteiger partial charge on any atom is 0.255 e. The summed E-state index contributed by atoms with van der Waals surface area (Å²) in [6.07, 6.45) is 1.10. The molecule has 1 aliphatic heterocycles. The fourth-order valence-electron chi connectivity index (χ4n) is 3.62. The first-order chi connectivity index (χ1) is 14.4. The lowest BCUT2D eigenvalue weighted by Gasteiger charge is -2.36. The van der Waals surface area contributed by atoms with Gasteiger partial charge in [0.2, 0.25) is 0 Å². The summed E-state index contributed by atoms with van der Waals surface area (Å²) in [6.45, 7) is 4.85. The minimum Gasteiger partial charge on any atom is -0.488 e. The van der Waals surface area contributed by atoms with Crippen LogP contribution in [-0.4, -0.2) is 41.4 Å². The molecule has 0 atom stereocenters. The van der Waals surface area contributed by atoms with E-state index >= 15 is 0 Å². The number of fused-ring (bicyclic) bond motifs is 1. The lowest BCUT2D eigenvalue weighted by atomic mass is 9.90. The normalized spacial score (nSPS) is 16.0. The summed E-state index contributed by atoms with van der Waals surface area (Å²) in [6, 6.07) is 3.44. The summed E-state index contributed by atoms with van der Waals surface area (Å²) in [7, 11) is 0. The molecule has 9 heteroatoms. The van der Waals surface area contributed by atoms with Gasteiger partial charge in [0.25, 0.3) is 5.91 Å². The number of benzene rings is 1. The number of carbonyl (C=O) groups is 1. The number of nitrogens with zero attached hydrogens (tertiary/aromatic N) is 1. The molecule has 1 fully saturated rings. The number of nitrogens with one attached hydrogen (secondary N) is 1. The maximum absolute atomic E-state index is 13.2. The van der Waals surface area contributed by atoms with Gasteiger partial charge in [-0.25, -0.2) is 4.98 Å². The Kier molecular flexibility index (Phi) is 6.02. The molecule has 0 radical (unpaired) electrons. The van der Waals surface area contributed by atoms with E-state index in [0.29, 0.717) is 65.7 Å². The highest BCUT2D eigenvalue weighted by Crippen LogP contribution is 2.36. The van der Waals surface area contributed by atoms with Gasteiger partial charge in [0.1, 0.15) is 18.1 Å². The number of carbonyl (C=O) groups excluding carboxylic acids is 1. The van der Waals surface area contributed by atoms with Crippen molar-refractivity contribution in [3.63, 3.8) is 0 Å². The molecule has 0 spiro atoms. The quantitative estimate of drug-likeness (QED) is 0.589. The Morgan fingerprint density at radius 2 is 2.13 bits per heavy atom. The van der Waals surface area contributed by atoms with Gasteiger partial charge in [-0.1, -0.05) is 11.6 Å². The Morgan fingerprint density at radius 3 is 2.80 bits per heavy atom. The second kappa shape index (κ2) is 8.55. The van der Waals surface area contributed by atoms with Gasteiger partial charge >= 0.3 is 0 Å². The molecule has 0 bridgehead atoms. The summed E-state index contributed by atoms with van der Waals surface area (Å²) >= 11 is 7.94. The third-order valence-corrected chi connectivity index (χ3v) is 6.66. The zero-order valence-electron chi connectivity index (χ0n) is 16.8. The van der Waals surface area contributed by atoms with Crippen LogP contribution in [0.25, 0.3) is 11.0 Å². The lowest BCUT2D eigenvalue weighted by molar-refractivity contribution is 0.0125. The number of thiazole rings is 1. The standard InChI is InChI=1S/C21H23ClN2O5S/c1-12-17(30-11-23-12)9-28-14-7-15-18(13(2)29-19(15)16(22)8-14)20(26)24-21(10-25)3-5-27-6-4-21/h7-8,11,25H,3-6,9-10H2,1-2H3,(H,24,26). The van der Waals surface area contributed by atoms with Crippen LogP contribution in [0.2, 0.25) is 5.02 Å². The summed E-state index contributed by atoms with van der Waals surface area (Å²) in [5, 5.41) is 13.8. The zero-order chi connectivity index (χ0) is 21.3. The molecule has 3 aromatic rings. The van der Waals surface area contributed by atoms with Crippen LogP contribution in [-0.2, 0) is 11.3 Å². The number of furan rings is 1. The van der Waals surface area contributed by atoms with Gasteiger partial charge < -0.3 is 24.3 Å². The van der Waals surface area contributed by atoms with E-state index in [1.165, 1.54) is 11.3 Å². The molecule has 1 amide bonds. The van der Waals surface area contributed by atoms with Crippen molar-refractivity contribution in [2.75, 3.05) is 19.8 Å². The number of aliphatic hydroxyl groups is 1. The van der Waals surface area contributed by atoms with Crippen molar-refractivity contribution in [1.29, 1.82) is 0 Å². The van der Waals surface area contributed by atoms with Gasteiger partial charge in [-0.05, 0) is 32.8 Å². The number of hydrogen-bond acceptors (Lipinski definition) is 7. The minimum atomic E-state index is -0.701. The SMILES string of the molecule is Cc1ncsc1COc1cc(Cl)c2oc(C)c(C(=O)NC3(CO)CCOCC3)c2c1. The summed E-state index contributed by atoms with van der Waals surface area (Å²) in [5.41, 5.74) is 2.83. The largest absolute Gasteiger partial charge is 0.488 e. The molecule has 30 heavy (non-hydrogen) atoms. The fourth-order valence-corrected chi connectivity index (χ4v) is 4.56. The third kappa shape index (κ3) is 4.05. The minimum absolute atomic E-state index is 0.153. The second-order valence-corrected chi connectivity index (χ2v) is 8.82. The highest BCUT2D eigenvalue weighted by molar-refractivity contribution is 7.09. The van der Waals surface area contributed by atoms with Crippen LogP contribution in [0.15, 0.2) is 22.1 Å². The van der Waals surface area contributed by atoms with E-state index in [2.05, 4.69) is 10.3 Å². The van der Waals surface area contributed by atoms with Crippen LogP contribution in [0.3, 0.4) is 0 Å². The van der Waals surface area contributed by atoms with Gasteiger partial charge in [0, 0.05) is 24.7 Å². The third-order valence-electron chi connectivity index (χ3n) is 5.47. The highest BCUT2D eigenvalue weighted by atomic mass is 35.5. The molecule has 3 heterocycles. The van der Waals surface area contributed by atoms with E-state index in [9.17, 15) is 9.90 Å². The molecule has 2 aromatic heterocycles. The van der Waals surface area contributed by atoms with Crippen molar-refractivity contribution >= 4 is 39.8 Å². The van der Waals surface area contributed by atoms with Crippen LogP contribution in [0.4, 0.5) is 0 Å².